The number of hydrogen-bond donors (Lipinski definition) is 0. The normalized spacial score (nSPS) is 24.4. The number of ether oxygens (including phenoxy) is 1. The summed E-state index contributed by atoms with van der Waals surface area (Å²) < 4.78 is 5.50. The molecule has 0 saturated carbocycles. The highest BCUT2D eigenvalue weighted by Crippen LogP contribution is 2.35. The molecule has 0 fully saturated rings. The van der Waals surface area contributed by atoms with Crippen LogP contribution in [0, 0.1) is 0 Å². The summed E-state index contributed by atoms with van der Waals surface area (Å²) in [7, 11) is 2.00. The molecule has 1 unspecified atom stereocenters. The average molecular weight is 218 g/mol. The van der Waals surface area contributed by atoms with Crippen molar-refractivity contribution in [3.05, 3.63) is 35.9 Å². The molecule has 2 rings (SSSR count). The molecule has 1 aromatic rings. The Kier molecular flexibility index (Phi) is 2.86. The van der Waals surface area contributed by atoms with Crippen molar-refractivity contribution >= 4 is 5.90 Å². The van der Waals surface area contributed by atoms with E-state index in [1.165, 1.54) is 5.56 Å². The van der Waals surface area contributed by atoms with E-state index in [0.717, 1.165) is 12.3 Å². The van der Waals surface area contributed by atoms with Crippen molar-refractivity contribution in [2.75, 3.05) is 13.7 Å². The Hall–Kier alpha value is -1.51. The van der Waals surface area contributed by atoms with E-state index < -0.39 is 0 Å². The fraction of sp³-hybridized carbons (Fsp3) is 0.462. The minimum Gasteiger partial charge on any atom is -0.480 e. The van der Waals surface area contributed by atoms with Gasteiger partial charge in [-0.15, -0.1) is 5.10 Å². The predicted octanol–water partition coefficient (Wildman–Crippen LogP) is 2.59. The lowest BCUT2D eigenvalue weighted by atomic mass is 9.89. The molecule has 3 nitrogen and oxygen atoms in total. The van der Waals surface area contributed by atoms with Crippen LogP contribution in [-0.2, 0) is 10.3 Å². The van der Waals surface area contributed by atoms with Crippen LogP contribution in [0.3, 0.4) is 0 Å². The summed E-state index contributed by atoms with van der Waals surface area (Å²) in [6.07, 6.45) is 0.835. The molecule has 0 bridgehead atoms. The number of nitrogens with zero attached hydrogens (tertiary/aromatic N) is 2. The van der Waals surface area contributed by atoms with Gasteiger partial charge in [-0.25, -0.2) is 0 Å². The van der Waals surface area contributed by atoms with E-state index in [1.54, 1.807) is 0 Å². The predicted molar refractivity (Wildman–Crippen MR) is 65.2 cm³/mol. The second-order valence-corrected chi connectivity index (χ2v) is 4.27. The first kappa shape index (κ1) is 11.0. The minimum absolute atomic E-state index is 0.0776. The van der Waals surface area contributed by atoms with E-state index in [9.17, 15) is 0 Å². The lowest BCUT2D eigenvalue weighted by molar-refractivity contribution is 0.174. The highest BCUT2D eigenvalue weighted by molar-refractivity contribution is 5.79. The molecule has 3 heteroatoms. The largest absolute Gasteiger partial charge is 0.480 e. The Morgan fingerprint density at radius 1 is 1.38 bits per heavy atom. The van der Waals surface area contributed by atoms with E-state index in [4.69, 9.17) is 4.74 Å². The van der Waals surface area contributed by atoms with Gasteiger partial charge in [0.1, 0.15) is 0 Å². The van der Waals surface area contributed by atoms with Gasteiger partial charge in [0.15, 0.2) is 0 Å². The van der Waals surface area contributed by atoms with E-state index in [0.29, 0.717) is 6.61 Å². The summed E-state index contributed by atoms with van der Waals surface area (Å²) >= 11 is 0. The molecular formula is C13H18N2O. The highest BCUT2D eigenvalue weighted by atomic mass is 16.5. The van der Waals surface area contributed by atoms with Gasteiger partial charge in [-0.1, -0.05) is 30.3 Å². The van der Waals surface area contributed by atoms with Crippen molar-refractivity contribution in [1.29, 1.82) is 0 Å². The van der Waals surface area contributed by atoms with Gasteiger partial charge >= 0.3 is 0 Å². The van der Waals surface area contributed by atoms with Crippen molar-refractivity contribution in [1.82, 2.24) is 5.01 Å². The van der Waals surface area contributed by atoms with Crippen molar-refractivity contribution in [3.8, 4) is 0 Å². The molecule has 1 aromatic carbocycles. The van der Waals surface area contributed by atoms with Crippen LogP contribution < -0.4 is 0 Å². The number of hydrazone groups is 1. The molecule has 16 heavy (non-hydrogen) atoms. The Bertz CT molecular complexity index is 388. The van der Waals surface area contributed by atoms with Crippen LogP contribution in [0.25, 0.3) is 0 Å². The topological polar surface area (TPSA) is 24.8 Å². The Balaban J connectivity index is 2.23. The van der Waals surface area contributed by atoms with Gasteiger partial charge in [-0.3, -0.25) is 5.01 Å². The van der Waals surface area contributed by atoms with E-state index in [2.05, 4.69) is 36.3 Å². The molecule has 0 amide bonds. The smallest absolute Gasteiger partial charge is 0.208 e. The Labute approximate surface area is 96.7 Å². The molecule has 0 radical (unpaired) electrons. The second-order valence-electron chi connectivity index (χ2n) is 4.27. The van der Waals surface area contributed by atoms with Gasteiger partial charge in [0.05, 0.1) is 18.6 Å². The first-order valence-electron chi connectivity index (χ1n) is 5.66. The first-order valence-corrected chi connectivity index (χ1v) is 5.66. The fourth-order valence-electron chi connectivity index (χ4n) is 2.05. The average Bonchev–Trinajstić information content (AvgIpc) is 2.57. The molecule has 1 atom stereocenters. The van der Waals surface area contributed by atoms with Crippen molar-refractivity contribution in [3.63, 3.8) is 0 Å². The minimum atomic E-state index is -0.0776. The number of rotatable bonds is 2. The summed E-state index contributed by atoms with van der Waals surface area (Å²) in [4.78, 5) is 0. The number of hydrogen-bond acceptors (Lipinski definition) is 3. The highest BCUT2D eigenvalue weighted by Gasteiger charge is 2.38. The van der Waals surface area contributed by atoms with Crippen LogP contribution in [0.2, 0.25) is 0 Å². The van der Waals surface area contributed by atoms with Crippen molar-refractivity contribution < 1.29 is 4.74 Å². The summed E-state index contributed by atoms with van der Waals surface area (Å²) in [5.41, 5.74) is 1.20. The molecule has 0 N–H and O–H groups in total. The Morgan fingerprint density at radius 3 is 2.69 bits per heavy atom. The molecule has 1 aliphatic heterocycles. The van der Waals surface area contributed by atoms with Crippen LogP contribution in [0.1, 0.15) is 25.8 Å². The SMILES string of the molecule is CCOC1=NN(C)C(C)(c2ccccc2)C1. The zero-order chi connectivity index (χ0) is 11.6. The second kappa shape index (κ2) is 4.16. The molecule has 0 saturated heterocycles. The molecule has 0 aromatic heterocycles. The van der Waals surface area contributed by atoms with Crippen LogP contribution in [-0.4, -0.2) is 24.6 Å². The van der Waals surface area contributed by atoms with E-state index in [1.807, 2.05) is 25.0 Å². The molecule has 0 aliphatic carbocycles. The van der Waals surface area contributed by atoms with Gasteiger partial charge < -0.3 is 4.74 Å². The third-order valence-electron chi connectivity index (χ3n) is 3.18. The van der Waals surface area contributed by atoms with Gasteiger partial charge in [-0.2, -0.15) is 0 Å². The van der Waals surface area contributed by atoms with Gasteiger partial charge in [0.2, 0.25) is 5.90 Å². The molecule has 86 valence electrons. The maximum absolute atomic E-state index is 5.50. The fourth-order valence-corrected chi connectivity index (χ4v) is 2.05. The van der Waals surface area contributed by atoms with Crippen molar-refractivity contribution in [2.45, 2.75) is 25.8 Å². The third kappa shape index (κ3) is 1.77. The zero-order valence-electron chi connectivity index (χ0n) is 10.1. The lowest BCUT2D eigenvalue weighted by Gasteiger charge is -2.31. The molecule has 0 spiro atoms. The summed E-state index contributed by atoms with van der Waals surface area (Å²) in [6, 6.07) is 10.4. The monoisotopic (exact) mass is 218 g/mol. The maximum atomic E-state index is 5.50. The quantitative estimate of drug-likeness (QED) is 0.762. The van der Waals surface area contributed by atoms with E-state index >= 15 is 0 Å². The number of benzene rings is 1. The van der Waals surface area contributed by atoms with E-state index in [-0.39, 0.29) is 5.54 Å². The van der Waals surface area contributed by atoms with Gasteiger partial charge in [-0.05, 0) is 19.4 Å². The summed E-state index contributed by atoms with van der Waals surface area (Å²) in [6.45, 7) is 4.86. The summed E-state index contributed by atoms with van der Waals surface area (Å²) in [5, 5.41) is 6.43. The summed E-state index contributed by atoms with van der Waals surface area (Å²) in [5.74, 6) is 0.830. The van der Waals surface area contributed by atoms with Gasteiger partial charge in [0.25, 0.3) is 0 Å². The third-order valence-corrected chi connectivity index (χ3v) is 3.18. The zero-order valence-corrected chi connectivity index (χ0v) is 10.1. The van der Waals surface area contributed by atoms with Crippen LogP contribution >= 0.6 is 0 Å². The Morgan fingerprint density at radius 2 is 2.06 bits per heavy atom. The first-order chi connectivity index (χ1) is 7.66. The lowest BCUT2D eigenvalue weighted by Crippen LogP contribution is -2.34. The van der Waals surface area contributed by atoms with Crippen LogP contribution in [0.5, 0.6) is 0 Å². The van der Waals surface area contributed by atoms with Gasteiger partial charge in [0, 0.05) is 7.05 Å². The standard InChI is InChI=1S/C13H18N2O/c1-4-16-12-10-13(2,15(3)14-12)11-8-6-5-7-9-11/h5-9H,4,10H2,1-3H3. The van der Waals surface area contributed by atoms with Crippen LogP contribution in [0.4, 0.5) is 0 Å². The maximum Gasteiger partial charge on any atom is 0.208 e. The molecular weight excluding hydrogens is 200 g/mol. The molecule has 1 heterocycles. The van der Waals surface area contributed by atoms with Crippen molar-refractivity contribution in [2.24, 2.45) is 5.10 Å². The molecule has 1 aliphatic rings. The van der Waals surface area contributed by atoms with Crippen LogP contribution in [0.15, 0.2) is 35.4 Å².